The second-order valence-corrected chi connectivity index (χ2v) is 6.97. The topological polar surface area (TPSA) is 52.8 Å². The summed E-state index contributed by atoms with van der Waals surface area (Å²) in [6.07, 6.45) is 0.0861. The second-order valence-electron chi connectivity index (χ2n) is 5.96. The lowest BCUT2D eigenvalue weighted by molar-refractivity contribution is -0.127. The van der Waals surface area contributed by atoms with Crippen molar-refractivity contribution in [3.63, 3.8) is 0 Å². The van der Waals surface area contributed by atoms with Crippen LogP contribution in [0.4, 0.5) is 4.39 Å². The third-order valence-corrected chi connectivity index (χ3v) is 5.12. The number of aryl methyl sites for hydroxylation is 1. The molecule has 1 aliphatic rings. The van der Waals surface area contributed by atoms with Crippen molar-refractivity contribution in [2.45, 2.75) is 26.0 Å². The predicted molar refractivity (Wildman–Crippen MR) is 97.0 cm³/mol. The summed E-state index contributed by atoms with van der Waals surface area (Å²) in [6, 6.07) is 11.8. The van der Waals surface area contributed by atoms with E-state index >= 15 is 0 Å². The number of carbonyl (C=O) groups excluding carboxylic acids is 1. The zero-order valence-corrected chi connectivity index (χ0v) is 15.0. The molecule has 5 nitrogen and oxygen atoms in total. The van der Waals surface area contributed by atoms with Crippen LogP contribution < -0.4 is 14.3 Å². The van der Waals surface area contributed by atoms with Gasteiger partial charge in [-0.25, -0.2) is 4.39 Å². The lowest BCUT2D eigenvalue weighted by atomic mass is 10.2. The summed E-state index contributed by atoms with van der Waals surface area (Å²) in [5.41, 5.74) is 0.871. The molecule has 7 heteroatoms. The molecule has 0 spiro atoms. The summed E-state index contributed by atoms with van der Waals surface area (Å²) in [5.74, 6) is 0.444. The van der Waals surface area contributed by atoms with Gasteiger partial charge in [0.05, 0.1) is 10.2 Å². The third kappa shape index (κ3) is 3.10. The Kier molecular flexibility index (Phi) is 4.46. The number of hydrogen-bond acceptors (Lipinski definition) is 4. The Hall–Kier alpha value is -2.67. The smallest absolute Gasteiger partial charge is 0.292 e. The third-order valence-electron chi connectivity index (χ3n) is 4.08. The molecule has 0 radical (unpaired) electrons. The fourth-order valence-corrected chi connectivity index (χ4v) is 3.97. The molecule has 0 bridgehead atoms. The van der Waals surface area contributed by atoms with E-state index in [1.165, 1.54) is 23.5 Å². The lowest BCUT2D eigenvalue weighted by Gasteiger charge is -2.23. The number of thiazole rings is 1. The molecule has 1 amide bonds. The zero-order valence-electron chi connectivity index (χ0n) is 14.1. The number of carbonyl (C=O) groups is 1. The van der Waals surface area contributed by atoms with Crippen LogP contribution in [0.3, 0.4) is 0 Å². The number of aromatic nitrogens is 1. The number of hydrogen-bond donors (Lipinski definition) is 0. The molecule has 2 heterocycles. The second kappa shape index (κ2) is 6.92. The standard InChI is InChI=1S/C19H17FN2O3S/c1-2-9-22-13-8-7-12(20)10-17(13)26-19(22)21-18(23)16-11-24-14-5-3-4-6-15(14)25-16/h3-8,10,16H,2,9,11H2,1H3/t16-/m0/s1. The lowest BCUT2D eigenvalue weighted by Crippen LogP contribution is -2.36. The molecule has 0 aliphatic carbocycles. The number of benzene rings is 2. The van der Waals surface area contributed by atoms with Crippen molar-refractivity contribution in [3.05, 3.63) is 53.1 Å². The van der Waals surface area contributed by atoms with Gasteiger partial charge in [0.15, 0.2) is 16.3 Å². The van der Waals surface area contributed by atoms with Crippen molar-refractivity contribution in [2.75, 3.05) is 6.61 Å². The van der Waals surface area contributed by atoms with Crippen molar-refractivity contribution in [1.29, 1.82) is 0 Å². The summed E-state index contributed by atoms with van der Waals surface area (Å²) in [4.78, 5) is 17.4. The average molecular weight is 372 g/mol. The molecule has 2 aromatic carbocycles. The van der Waals surface area contributed by atoms with Gasteiger partial charge in [-0.15, -0.1) is 0 Å². The van der Waals surface area contributed by atoms with Gasteiger partial charge in [-0.05, 0) is 36.8 Å². The molecule has 1 atom stereocenters. The van der Waals surface area contributed by atoms with Crippen LogP contribution in [-0.4, -0.2) is 23.2 Å². The van der Waals surface area contributed by atoms with Gasteiger partial charge in [-0.2, -0.15) is 4.99 Å². The number of fused-ring (bicyclic) bond motifs is 2. The average Bonchev–Trinajstić information content (AvgIpc) is 2.98. The molecule has 0 unspecified atom stereocenters. The molecular formula is C19H17FN2O3S. The summed E-state index contributed by atoms with van der Waals surface area (Å²) >= 11 is 1.30. The van der Waals surface area contributed by atoms with Crippen LogP contribution in [0, 0.1) is 5.82 Å². The van der Waals surface area contributed by atoms with Gasteiger partial charge in [-0.1, -0.05) is 30.4 Å². The van der Waals surface area contributed by atoms with E-state index in [4.69, 9.17) is 9.47 Å². The van der Waals surface area contributed by atoms with Crippen LogP contribution in [0.1, 0.15) is 13.3 Å². The summed E-state index contributed by atoms with van der Waals surface area (Å²) in [7, 11) is 0. The van der Waals surface area contributed by atoms with E-state index in [1.54, 1.807) is 18.2 Å². The van der Waals surface area contributed by atoms with E-state index in [-0.39, 0.29) is 12.4 Å². The Morgan fingerprint density at radius 3 is 2.92 bits per heavy atom. The highest BCUT2D eigenvalue weighted by atomic mass is 32.1. The highest BCUT2D eigenvalue weighted by Crippen LogP contribution is 2.31. The maximum Gasteiger partial charge on any atom is 0.292 e. The van der Waals surface area contributed by atoms with Crippen molar-refractivity contribution in [2.24, 2.45) is 4.99 Å². The Morgan fingerprint density at radius 2 is 2.12 bits per heavy atom. The Bertz CT molecular complexity index is 1040. The van der Waals surface area contributed by atoms with E-state index in [2.05, 4.69) is 4.99 Å². The fourth-order valence-electron chi connectivity index (χ4n) is 2.88. The van der Waals surface area contributed by atoms with Crippen molar-refractivity contribution in [1.82, 2.24) is 4.57 Å². The van der Waals surface area contributed by atoms with Crippen LogP contribution in [-0.2, 0) is 11.3 Å². The minimum Gasteiger partial charge on any atom is -0.485 e. The molecule has 0 saturated heterocycles. The number of ether oxygens (including phenoxy) is 2. The minimum absolute atomic E-state index is 0.118. The van der Waals surface area contributed by atoms with E-state index in [0.29, 0.717) is 22.8 Å². The highest BCUT2D eigenvalue weighted by molar-refractivity contribution is 7.16. The molecule has 134 valence electrons. The quantitative estimate of drug-likeness (QED) is 0.707. The van der Waals surface area contributed by atoms with Gasteiger partial charge in [0, 0.05) is 6.54 Å². The van der Waals surface area contributed by atoms with Crippen molar-refractivity contribution < 1.29 is 18.7 Å². The Labute approximate surface area is 153 Å². The van der Waals surface area contributed by atoms with E-state index in [9.17, 15) is 9.18 Å². The molecule has 0 N–H and O–H groups in total. The first-order valence-corrected chi connectivity index (χ1v) is 9.23. The first-order chi connectivity index (χ1) is 12.7. The molecule has 26 heavy (non-hydrogen) atoms. The van der Waals surface area contributed by atoms with Crippen LogP contribution >= 0.6 is 11.3 Å². The monoisotopic (exact) mass is 372 g/mol. The summed E-state index contributed by atoms with van der Waals surface area (Å²) in [5, 5.41) is 0. The predicted octanol–water partition coefficient (Wildman–Crippen LogP) is 3.52. The molecule has 4 rings (SSSR count). The van der Waals surface area contributed by atoms with Gasteiger partial charge in [0.25, 0.3) is 5.91 Å². The van der Waals surface area contributed by atoms with Crippen LogP contribution in [0.5, 0.6) is 11.5 Å². The number of amides is 1. The van der Waals surface area contributed by atoms with Gasteiger partial charge in [0.2, 0.25) is 6.10 Å². The first-order valence-electron chi connectivity index (χ1n) is 8.41. The van der Waals surface area contributed by atoms with Gasteiger partial charge < -0.3 is 14.0 Å². The molecule has 0 saturated carbocycles. The minimum atomic E-state index is -0.790. The van der Waals surface area contributed by atoms with E-state index in [0.717, 1.165) is 16.6 Å². The molecule has 1 aromatic heterocycles. The number of nitrogens with zero attached hydrogens (tertiary/aromatic N) is 2. The Balaban J connectivity index is 1.69. The highest BCUT2D eigenvalue weighted by Gasteiger charge is 2.27. The van der Waals surface area contributed by atoms with Crippen molar-refractivity contribution >= 4 is 27.5 Å². The Morgan fingerprint density at radius 1 is 1.31 bits per heavy atom. The normalized spacial score (nSPS) is 16.8. The zero-order chi connectivity index (χ0) is 18.1. The molecular weight excluding hydrogens is 355 g/mol. The molecule has 3 aromatic rings. The maximum atomic E-state index is 13.5. The van der Waals surface area contributed by atoms with Gasteiger partial charge in [-0.3, -0.25) is 4.79 Å². The van der Waals surface area contributed by atoms with Crippen LogP contribution in [0.15, 0.2) is 47.5 Å². The summed E-state index contributed by atoms with van der Waals surface area (Å²) < 4.78 is 27.5. The SMILES string of the molecule is CCCn1c(=NC(=O)[C@@H]2COc3ccccc3O2)sc2cc(F)ccc21. The number of para-hydroxylation sites is 2. The number of halogens is 1. The maximum absolute atomic E-state index is 13.5. The fraction of sp³-hybridized carbons (Fsp3) is 0.263. The van der Waals surface area contributed by atoms with E-state index < -0.39 is 12.0 Å². The van der Waals surface area contributed by atoms with E-state index in [1.807, 2.05) is 23.6 Å². The van der Waals surface area contributed by atoms with Crippen LogP contribution in [0.25, 0.3) is 10.2 Å². The summed E-state index contributed by atoms with van der Waals surface area (Å²) in [6.45, 7) is 2.86. The van der Waals surface area contributed by atoms with Crippen LogP contribution in [0.2, 0.25) is 0 Å². The number of rotatable bonds is 3. The largest absolute Gasteiger partial charge is 0.485 e. The molecule has 0 fully saturated rings. The van der Waals surface area contributed by atoms with Gasteiger partial charge >= 0.3 is 0 Å². The van der Waals surface area contributed by atoms with Crippen molar-refractivity contribution in [3.8, 4) is 11.5 Å². The first kappa shape index (κ1) is 16.8. The molecule has 1 aliphatic heterocycles. The van der Waals surface area contributed by atoms with Gasteiger partial charge in [0.1, 0.15) is 12.4 Å².